The molecule has 0 atom stereocenters. The summed E-state index contributed by atoms with van der Waals surface area (Å²) in [5.74, 6) is 0.577. The lowest BCUT2D eigenvalue weighted by molar-refractivity contribution is -0.111. The number of halogens is 1. The second-order valence-corrected chi connectivity index (χ2v) is 6.26. The van der Waals surface area contributed by atoms with Crippen molar-refractivity contribution < 1.29 is 13.7 Å². The molecule has 3 rings (SSSR count). The van der Waals surface area contributed by atoms with Gasteiger partial charge in [-0.2, -0.15) is 0 Å². The van der Waals surface area contributed by atoms with E-state index in [1.807, 2.05) is 37.5 Å². The van der Waals surface area contributed by atoms with Crippen LogP contribution in [0.2, 0.25) is 0 Å². The monoisotopic (exact) mass is 353 g/mol. The van der Waals surface area contributed by atoms with Crippen LogP contribution in [0.4, 0.5) is 10.1 Å². The number of hydrogen-bond donors (Lipinski definition) is 1. The molecule has 0 aliphatic heterocycles. The van der Waals surface area contributed by atoms with Crippen LogP contribution >= 0.6 is 0 Å². The quantitative estimate of drug-likeness (QED) is 0.703. The van der Waals surface area contributed by atoms with E-state index in [0.717, 1.165) is 28.3 Å². The van der Waals surface area contributed by atoms with Gasteiger partial charge in [-0.1, -0.05) is 11.2 Å². The van der Waals surface area contributed by atoms with Crippen LogP contribution in [0, 0.1) is 33.5 Å². The predicted molar refractivity (Wildman–Crippen MR) is 98.8 cm³/mol. The van der Waals surface area contributed by atoms with Gasteiger partial charge in [0.2, 0.25) is 5.91 Å². The first-order valence-corrected chi connectivity index (χ1v) is 8.23. The average molecular weight is 353 g/mol. The number of amides is 1. The number of benzene rings is 1. The normalized spacial score (nSPS) is 11.3. The van der Waals surface area contributed by atoms with Crippen molar-refractivity contribution in [2.45, 2.75) is 27.7 Å². The summed E-state index contributed by atoms with van der Waals surface area (Å²) < 4.78 is 20.9. The van der Waals surface area contributed by atoms with Crippen molar-refractivity contribution in [1.82, 2.24) is 9.72 Å². The molecule has 0 saturated heterocycles. The SMILES string of the molecule is Cc1ccc(NC(=O)/C=C/c2cc(C)n(-c3cc(C)on3)c2C)c(F)c1. The van der Waals surface area contributed by atoms with Gasteiger partial charge in [-0.25, -0.2) is 4.39 Å². The van der Waals surface area contributed by atoms with Crippen LogP contribution in [0.1, 0.15) is 28.3 Å². The maximum absolute atomic E-state index is 13.8. The number of anilines is 1. The molecule has 0 fully saturated rings. The van der Waals surface area contributed by atoms with Crippen LogP contribution in [-0.2, 0) is 4.79 Å². The maximum Gasteiger partial charge on any atom is 0.248 e. The van der Waals surface area contributed by atoms with Crippen LogP contribution in [0.5, 0.6) is 0 Å². The van der Waals surface area contributed by atoms with E-state index in [4.69, 9.17) is 4.52 Å². The fourth-order valence-corrected chi connectivity index (χ4v) is 2.83. The molecule has 1 amide bonds. The number of hydrogen-bond acceptors (Lipinski definition) is 3. The van der Waals surface area contributed by atoms with E-state index in [1.54, 1.807) is 25.1 Å². The lowest BCUT2D eigenvalue weighted by Gasteiger charge is -2.05. The largest absolute Gasteiger partial charge is 0.360 e. The van der Waals surface area contributed by atoms with Crippen molar-refractivity contribution in [3.63, 3.8) is 0 Å². The highest BCUT2D eigenvalue weighted by atomic mass is 19.1. The van der Waals surface area contributed by atoms with Gasteiger partial charge in [-0.15, -0.1) is 0 Å². The number of carbonyl (C=O) groups is 1. The second-order valence-electron chi connectivity index (χ2n) is 6.26. The molecule has 0 spiro atoms. The Hall–Kier alpha value is -3.15. The first kappa shape index (κ1) is 17.7. The smallest absolute Gasteiger partial charge is 0.248 e. The number of carbonyl (C=O) groups excluding carboxylic acids is 1. The van der Waals surface area contributed by atoms with E-state index < -0.39 is 11.7 Å². The van der Waals surface area contributed by atoms with Crippen molar-refractivity contribution in [2.75, 3.05) is 5.32 Å². The molecule has 26 heavy (non-hydrogen) atoms. The lowest BCUT2D eigenvalue weighted by Crippen LogP contribution is -2.09. The van der Waals surface area contributed by atoms with Crippen LogP contribution in [0.3, 0.4) is 0 Å². The van der Waals surface area contributed by atoms with E-state index in [0.29, 0.717) is 5.82 Å². The summed E-state index contributed by atoms with van der Waals surface area (Å²) in [7, 11) is 0. The van der Waals surface area contributed by atoms with Gasteiger partial charge in [0.05, 0.1) is 5.69 Å². The van der Waals surface area contributed by atoms with Gasteiger partial charge in [0.25, 0.3) is 0 Å². The lowest BCUT2D eigenvalue weighted by atomic mass is 10.2. The van der Waals surface area contributed by atoms with Crippen LogP contribution in [0.25, 0.3) is 11.9 Å². The predicted octanol–water partition coefficient (Wildman–Crippen LogP) is 4.49. The zero-order chi connectivity index (χ0) is 18.8. The molecule has 134 valence electrons. The van der Waals surface area contributed by atoms with Gasteiger partial charge < -0.3 is 9.84 Å². The number of nitrogens with zero attached hydrogens (tertiary/aromatic N) is 2. The summed E-state index contributed by atoms with van der Waals surface area (Å²) in [4.78, 5) is 12.1. The molecule has 0 bridgehead atoms. The number of aromatic nitrogens is 2. The Balaban J connectivity index is 1.79. The summed E-state index contributed by atoms with van der Waals surface area (Å²) in [5, 5.41) is 6.58. The van der Waals surface area contributed by atoms with Crippen LogP contribution in [-0.4, -0.2) is 15.6 Å². The molecule has 0 radical (unpaired) electrons. The molecule has 0 unspecified atom stereocenters. The molecule has 3 aromatic rings. The minimum Gasteiger partial charge on any atom is -0.360 e. The number of nitrogens with one attached hydrogen (secondary N) is 1. The molecule has 5 nitrogen and oxygen atoms in total. The standard InChI is InChI=1S/C20H20FN3O2/c1-12-5-7-18(17(21)9-12)22-20(25)8-6-16-10-13(2)24(15(16)4)19-11-14(3)26-23-19/h5-11H,1-4H3,(H,22,25)/b8-6+. The van der Waals surface area contributed by atoms with Gasteiger partial charge in [0.1, 0.15) is 11.6 Å². The summed E-state index contributed by atoms with van der Waals surface area (Å²) in [6, 6.07) is 8.48. The van der Waals surface area contributed by atoms with E-state index in [9.17, 15) is 9.18 Å². The van der Waals surface area contributed by atoms with Gasteiger partial charge >= 0.3 is 0 Å². The van der Waals surface area contributed by atoms with E-state index >= 15 is 0 Å². The van der Waals surface area contributed by atoms with Gasteiger partial charge in [-0.05, 0) is 63.1 Å². The van der Waals surface area contributed by atoms with Crippen LogP contribution in [0.15, 0.2) is 40.9 Å². The van der Waals surface area contributed by atoms with Gasteiger partial charge in [0, 0.05) is 23.5 Å². The Morgan fingerprint density at radius 2 is 1.96 bits per heavy atom. The molecule has 0 aliphatic carbocycles. The van der Waals surface area contributed by atoms with Gasteiger partial charge in [0.15, 0.2) is 5.82 Å². The topological polar surface area (TPSA) is 60.1 Å². The number of aryl methyl sites for hydroxylation is 3. The molecular weight excluding hydrogens is 333 g/mol. The third kappa shape index (κ3) is 3.59. The van der Waals surface area contributed by atoms with Crippen molar-refractivity contribution in [3.05, 3.63) is 70.5 Å². The van der Waals surface area contributed by atoms with Crippen molar-refractivity contribution >= 4 is 17.7 Å². The summed E-state index contributed by atoms with van der Waals surface area (Å²) >= 11 is 0. The molecule has 0 aliphatic rings. The molecule has 1 N–H and O–H groups in total. The van der Waals surface area contributed by atoms with Gasteiger partial charge in [-0.3, -0.25) is 9.36 Å². The fourth-order valence-electron chi connectivity index (χ4n) is 2.83. The fraction of sp³-hybridized carbons (Fsp3) is 0.200. The first-order chi connectivity index (χ1) is 12.3. The Morgan fingerprint density at radius 1 is 1.19 bits per heavy atom. The maximum atomic E-state index is 13.8. The highest BCUT2D eigenvalue weighted by molar-refractivity contribution is 6.02. The highest BCUT2D eigenvalue weighted by Gasteiger charge is 2.12. The van der Waals surface area contributed by atoms with Crippen molar-refractivity contribution in [3.8, 4) is 5.82 Å². The first-order valence-electron chi connectivity index (χ1n) is 8.23. The summed E-state index contributed by atoms with van der Waals surface area (Å²) in [5.41, 5.74) is 3.74. The third-order valence-corrected chi connectivity index (χ3v) is 4.11. The Bertz CT molecular complexity index is 999. The Kier molecular flexibility index (Phi) is 4.75. The van der Waals surface area contributed by atoms with E-state index in [-0.39, 0.29) is 5.69 Å². The summed E-state index contributed by atoms with van der Waals surface area (Å²) in [6.45, 7) is 7.52. The van der Waals surface area contributed by atoms with Crippen molar-refractivity contribution in [2.24, 2.45) is 0 Å². The third-order valence-electron chi connectivity index (χ3n) is 4.11. The average Bonchev–Trinajstić information content (AvgIpc) is 3.11. The van der Waals surface area contributed by atoms with Crippen LogP contribution < -0.4 is 5.32 Å². The molecular formula is C20H20FN3O2. The zero-order valence-electron chi connectivity index (χ0n) is 15.1. The highest BCUT2D eigenvalue weighted by Crippen LogP contribution is 2.22. The Morgan fingerprint density at radius 3 is 2.62 bits per heavy atom. The molecule has 6 heteroatoms. The number of rotatable bonds is 4. The zero-order valence-corrected chi connectivity index (χ0v) is 15.1. The minimum atomic E-state index is -0.452. The molecule has 0 saturated carbocycles. The van der Waals surface area contributed by atoms with E-state index in [1.165, 1.54) is 12.1 Å². The van der Waals surface area contributed by atoms with E-state index in [2.05, 4.69) is 10.5 Å². The summed E-state index contributed by atoms with van der Waals surface area (Å²) in [6.07, 6.45) is 3.09. The minimum absolute atomic E-state index is 0.161. The van der Waals surface area contributed by atoms with Crippen molar-refractivity contribution in [1.29, 1.82) is 0 Å². The molecule has 1 aromatic carbocycles. The second kappa shape index (κ2) is 7.00. The Labute approximate surface area is 151 Å². The molecule has 2 heterocycles. The molecule has 2 aromatic heterocycles.